The molecular formula is C12H9Cl2N3O2. The Balaban J connectivity index is 2.10. The number of nitrogens with one attached hydrogen (secondary N) is 1. The normalized spacial score (nSPS) is 10.2. The summed E-state index contributed by atoms with van der Waals surface area (Å²) in [5.41, 5.74) is 0.510. The van der Waals surface area contributed by atoms with Crippen LogP contribution in [0, 0.1) is 0 Å². The van der Waals surface area contributed by atoms with Crippen LogP contribution >= 0.6 is 23.2 Å². The maximum absolute atomic E-state index is 11.8. The van der Waals surface area contributed by atoms with Crippen LogP contribution in [-0.4, -0.2) is 21.0 Å². The Labute approximate surface area is 119 Å². The maximum Gasteiger partial charge on any atom is 0.230 e. The molecule has 2 aromatic rings. The number of amides is 1. The second-order valence-electron chi connectivity index (χ2n) is 3.68. The molecule has 19 heavy (non-hydrogen) atoms. The number of phenols is 1. The van der Waals surface area contributed by atoms with E-state index < -0.39 is 0 Å². The minimum atomic E-state index is -0.363. The molecular weight excluding hydrogens is 289 g/mol. The largest absolute Gasteiger partial charge is 0.508 e. The molecule has 0 aliphatic carbocycles. The summed E-state index contributed by atoms with van der Waals surface area (Å²) in [6.07, 6.45) is 1.20. The first kappa shape index (κ1) is 13.6. The number of carbonyl (C=O) groups excluding carboxylic acids is 1. The molecule has 2 rings (SSSR count). The summed E-state index contributed by atoms with van der Waals surface area (Å²) in [5.74, 6) is -0.162. The molecule has 0 saturated heterocycles. The number of aromatic nitrogens is 2. The van der Waals surface area contributed by atoms with E-state index in [-0.39, 0.29) is 34.1 Å². The Bertz CT molecular complexity index is 620. The van der Waals surface area contributed by atoms with Gasteiger partial charge in [0.05, 0.1) is 6.42 Å². The van der Waals surface area contributed by atoms with Crippen LogP contribution in [0.4, 0.5) is 5.82 Å². The summed E-state index contributed by atoms with van der Waals surface area (Å²) in [7, 11) is 0. The number of carbonyl (C=O) groups is 1. The molecule has 1 aromatic carbocycles. The van der Waals surface area contributed by atoms with Gasteiger partial charge < -0.3 is 10.4 Å². The molecule has 1 heterocycles. The van der Waals surface area contributed by atoms with Gasteiger partial charge in [-0.15, -0.1) is 0 Å². The number of nitrogens with zero attached hydrogens (tertiary/aromatic N) is 2. The van der Waals surface area contributed by atoms with E-state index in [1.807, 2.05) is 0 Å². The molecule has 7 heteroatoms. The number of anilines is 1. The highest BCUT2D eigenvalue weighted by Gasteiger charge is 2.12. The predicted octanol–water partition coefficient (Wildman–Crippen LogP) is 2.67. The molecule has 0 aliphatic rings. The molecule has 0 bridgehead atoms. The van der Waals surface area contributed by atoms with Gasteiger partial charge in [0, 0.05) is 5.56 Å². The molecule has 5 nitrogen and oxygen atoms in total. The van der Waals surface area contributed by atoms with Gasteiger partial charge in [-0.05, 0) is 6.07 Å². The molecule has 98 valence electrons. The van der Waals surface area contributed by atoms with Crippen LogP contribution in [0.25, 0.3) is 0 Å². The minimum absolute atomic E-state index is 0.00459. The van der Waals surface area contributed by atoms with Gasteiger partial charge in [-0.2, -0.15) is 0 Å². The average molecular weight is 298 g/mol. The van der Waals surface area contributed by atoms with Crippen LogP contribution in [0.2, 0.25) is 10.2 Å². The van der Waals surface area contributed by atoms with Gasteiger partial charge in [0.25, 0.3) is 0 Å². The maximum atomic E-state index is 11.8. The number of rotatable bonds is 3. The van der Waals surface area contributed by atoms with Crippen molar-refractivity contribution >= 4 is 34.9 Å². The molecule has 0 saturated carbocycles. The van der Waals surface area contributed by atoms with Crippen molar-refractivity contribution in [3.63, 3.8) is 0 Å². The molecule has 0 fully saturated rings. The number of phenolic OH excluding ortho intramolecular Hbond substituents is 1. The third-order valence-corrected chi connectivity index (χ3v) is 3.09. The molecule has 0 atom stereocenters. The van der Waals surface area contributed by atoms with E-state index in [2.05, 4.69) is 15.3 Å². The molecule has 1 amide bonds. The third-order valence-electron chi connectivity index (χ3n) is 2.35. The van der Waals surface area contributed by atoms with E-state index in [4.69, 9.17) is 23.2 Å². The smallest absolute Gasteiger partial charge is 0.230 e. The lowest BCUT2D eigenvalue weighted by Crippen LogP contribution is -2.16. The zero-order valence-corrected chi connectivity index (χ0v) is 11.1. The quantitative estimate of drug-likeness (QED) is 0.854. The highest BCUT2D eigenvalue weighted by molar-refractivity contribution is 6.42. The van der Waals surface area contributed by atoms with Crippen molar-refractivity contribution in [2.24, 2.45) is 0 Å². The van der Waals surface area contributed by atoms with Gasteiger partial charge in [0.2, 0.25) is 5.91 Å². The standard InChI is InChI=1S/C12H9Cl2N3O2/c13-10-11(14)15-6-16-12(10)17-9(19)5-7-3-1-2-4-8(7)18/h1-4,6,18H,5H2,(H,15,16,17,19). The van der Waals surface area contributed by atoms with Crippen LogP contribution < -0.4 is 5.32 Å². The van der Waals surface area contributed by atoms with Crippen LogP contribution in [0.15, 0.2) is 30.6 Å². The summed E-state index contributed by atoms with van der Waals surface area (Å²) >= 11 is 11.6. The molecule has 0 unspecified atom stereocenters. The fraction of sp³-hybridized carbons (Fsp3) is 0.0833. The van der Waals surface area contributed by atoms with Crippen molar-refractivity contribution < 1.29 is 9.90 Å². The van der Waals surface area contributed by atoms with Crippen LogP contribution in [0.5, 0.6) is 5.75 Å². The Kier molecular flexibility index (Phi) is 4.19. The van der Waals surface area contributed by atoms with Crippen molar-refractivity contribution in [1.82, 2.24) is 9.97 Å². The summed E-state index contributed by atoms with van der Waals surface area (Å²) in [5, 5.41) is 12.2. The Morgan fingerprint density at radius 3 is 2.74 bits per heavy atom. The van der Waals surface area contributed by atoms with Gasteiger partial charge in [-0.1, -0.05) is 41.4 Å². The second kappa shape index (κ2) is 5.86. The fourth-order valence-electron chi connectivity index (χ4n) is 1.45. The highest BCUT2D eigenvalue weighted by atomic mass is 35.5. The predicted molar refractivity (Wildman–Crippen MR) is 72.5 cm³/mol. The van der Waals surface area contributed by atoms with E-state index in [9.17, 15) is 9.90 Å². The summed E-state index contributed by atoms with van der Waals surface area (Å²) < 4.78 is 0. The fourth-order valence-corrected chi connectivity index (χ4v) is 1.72. The average Bonchev–Trinajstić information content (AvgIpc) is 2.38. The number of para-hydroxylation sites is 1. The molecule has 0 aliphatic heterocycles. The van der Waals surface area contributed by atoms with Crippen LogP contribution in [-0.2, 0) is 11.2 Å². The second-order valence-corrected chi connectivity index (χ2v) is 4.42. The van der Waals surface area contributed by atoms with Crippen molar-refractivity contribution in [1.29, 1.82) is 0 Å². The Hall–Kier alpha value is -1.85. The first-order valence-electron chi connectivity index (χ1n) is 5.30. The van der Waals surface area contributed by atoms with Gasteiger partial charge in [0.15, 0.2) is 11.0 Å². The van der Waals surface area contributed by atoms with Crippen molar-refractivity contribution in [3.8, 4) is 5.75 Å². The lowest BCUT2D eigenvalue weighted by Gasteiger charge is -2.07. The Morgan fingerprint density at radius 1 is 1.26 bits per heavy atom. The van der Waals surface area contributed by atoms with Crippen molar-refractivity contribution in [3.05, 3.63) is 46.3 Å². The number of hydrogen-bond donors (Lipinski definition) is 2. The minimum Gasteiger partial charge on any atom is -0.508 e. The summed E-state index contributed by atoms with van der Waals surface area (Å²) in [6.45, 7) is 0. The van der Waals surface area contributed by atoms with E-state index in [0.717, 1.165) is 0 Å². The monoisotopic (exact) mass is 297 g/mol. The number of aromatic hydroxyl groups is 1. The van der Waals surface area contributed by atoms with E-state index in [1.165, 1.54) is 12.4 Å². The van der Waals surface area contributed by atoms with Gasteiger partial charge in [0.1, 0.15) is 17.1 Å². The lowest BCUT2D eigenvalue weighted by molar-refractivity contribution is -0.115. The first-order chi connectivity index (χ1) is 9.08. The lowest BCUT2D eigenvalue weighted by atomic mass is 10.1. The molecule has 2 N–H and O–H groups in total. The molecule has 0 spiro atoms. The Morgan fingerprint density at radius 2 is 2.00 bits per heavy atom. The SMILES string of the molecule is O=C(Cc1ccccc1O)Nc1ncnc(Cl)c1Cl. The zero-order valence-electron chi connectivity index (χ0n) is 9.60. The number of halogens is 2. The summed E-state index contributed by atoms with van der Waals surface area (Å²) in [6, 6.07) is 6.58. The number of benzene rings is 1. The third kappa shape index (κ3) is 3.33. The van der Waals surface area contributed by atoms with Crippen LogP contribution in [0.1, 0.15) is 5.56 Å². The molecule has 1 aromatic heterocycles. The van der Waals surface area contributed by atoms with Crippen LogP contribution in [0.3, 0.4) is 0 Å². The first-order valence-corrected chi connectivity index (χ1v) is 6.06. The zero-order chi connectivity index (χ0) is 13.8. The number of hydrogen-bond acceptors (Lipinski definition) is 4. The van der Waals surface area contributed by atoms with Gasteiger partial charge in [-0.25, -0.2) is 9.97 Å². The topological polar surface area (TPSA) is 75.1 Å². The van der Waals surface area contributed by atoms with Crippen molar-refractivity contribution in [2.75, 3.05) is 5.32 Å². The van der Waals surface area contributed by atoms with Gasteiger partial charge in [-0.3, -0.25) is 4.79 Å². The van der Waals surface area contributed by atoms with Crippen molar-refractivity contribution in [2.45, 2.75) is 6.42 Å². The van der Waals surface area contributed by atoms with E-state index in [1.54, 1.807) is 18.2 Å². The summed E-state index contributed by atoms with van der Waals surface area (Å²) in [4.78, 5) is 19.3. The van der Waals surface area contributed by atoms with Gasteiger partial charge >= 0.3 is 0 Å². The van der Waals surface area contributed by atoms with E-state index in [0.29, 0.717) is 5.56 Å². The molecule has 0 radical (unpaired) electrons. The van der Waals surface area contributed by atoms with E-state index >= 15 is 0 Å². The highest BCUT2D eigenvalue weighted by Crippen LogP contribution is 2.25.